The molecule has 0 aliphatic rings. The second kappa shape index (κ2) is 10.0. The smallest absolute Gasteiger partial charge is 0.389 e. The lowest BCUT2D eigenvalue weighted by molar-refractivity contribution is -0.165. The van der Waals surface area contributed by atoms with E-state index in [4.69, 9.17) is 42.1 Å². The predicted molar refractivity (Wildman–Crippen MR) is 111 cm³/mol. The summed E-state index contributed by atoms with van der Waals surface area (Å²) in [6, 6.07) is 20.4. The second-order valence-corrected chi connectivity index (χ2v) is 6.67. The van der Waals surface area contributed by atoms with Crippen LogP contribution >= 0.6 is 23.2 Å². The Morgan fingerprint density at radius 1 is 0.724 bits per heavy atom. The average Bonchev–Trinajstić information content (AvgIpc) is 2.72. The minimum absolute atomic E-state index is 0.205. The molecule has 29 heavy (non-hydrogen) atoms. The van der Waals surface area contributed by atoms with E-state index in [0.717, 1.165) is 0 Å². The van der Waals surface area contributed by atoms with Gasteiger partial charge in [0.05, 0.1) is 6.61 Å². The first-order valence-corrected chi connectivity index (χ1v) is 9.58. The molecule has 150 valence electrons. The van der Waals surface area contributed by atoms with Crippen LogP contribution < -0.4 is 14.2 Å². The van der Waals surface area contributed by atoms with Crippen LogP contribution in [0.15, 0.2) is 72.8 Å². The van der Waals surface area contributed by atoms with Crippen LogP contribution in [0.3, 0.4) is 0 Å². The Labute approximate surface area is 178 Å². The van der Waals surface area contributed by atoms with Gasteiger partial charge in [-0.25, -0.2) is 4.79 Å². The third-order valence-electron chi connectivity index (χ3n) is 3.65. The molecule has 0 heterocycles. The highest BCUT2D eigenvalue weighted by Gasteiger charge is 2.24. The topological polar surface area (TPSA) is 54.0 Å². The molecule has 0 fully saturated rings. The van der Waals surface area contributed by atoms with Gasteiger partial charge in [0.15, 0.2) is 0 Å². The van der Waals surface area contributed by atoms with Crippen molar-refractivity contribution >= 4 is 29.2 Å². The number of ether oxygens (including phenoxy) is 4. The number of halogens is 2. The summed E-state index contributed by atoms with van der Waals surface area (Å²) in [5.74, 6) is 1.46. The SMILES string of the molecule is CCOC(=O)C(Oc1ccc(Cl)cc1)Oc1ccc(Oc2ccc(Cl)cc2)cc1. The molecule has 7 heteroatoms. The summed E-state index contributed by atoms with van der Waals surface area (Å²) in [4.78, 5) is 12.2. The van der Waals surface area contributed by atoms with Crippen LogP contribution in [0.2, 0.25) is 10.0 Å². The zero-order valence-corrected chi connectivity index (χ0v) is 17.0. The van der Waals surface area contributed by atoms with Crippen LogP contribution in [0, 0.1) is 0 Å². The van der Waals surface area contributed by atoms with Crippen molar-refractivity contribution < 1.29 is 23.7 Å². The summed E-state index contributed by atoms with van der Waals surface area (Å²) < 4.78 is 22.1. The summed E-state index contributed by atoms with van der Waals surface area (Å²) in [5.41, 5.74) is 0. The number of rotatable bonds is 8. The van der Waals surface area contributed by atoms with Gasteiger partial charge in [0.2, 0.25) is 0 Å². The van der Waals surface area contributed by atoms with E-state index in [2.05, 4.69) is 0 Å². The van der Waals surface area contributed by atoms with Gasteiger partial charge in [0.1, 0.15) is 23.0 Å². The summed E-state index contributed by atoms with van der Waals surface area (Å²) in [6.07, 6.45) is -1.26. The third kappa shape index (κ3) is 6.31. The van der Waals surface area contributed by atoms with E-state index in [1.165, 1.54) is 0 Å². The van der Waals surface area contributed by atoms with Crippen molar-refractivity contribution in [2.75, 3.05) is 6.61 Å². The molecule has 0 N–H and O–H groups in total. The Bertz CT molecular complexity index is 925. The fourth-order valence-electron chi connectivity index (χ4n) is 2.32. The van der Waals surface area contributed by atoms with Crippen molar-refractivity contribution in [1.82, 2.24) is 0 Å². The number of hydrogen-bond donors (Lipinski definition) is 0. The first-order chi connectivity index (χ1) is 14.0. The first kappa shape index (κ1) is 20.8. The summed E-state index contributed by atoms with van der Waals surface area (Å²) in [5, 5.41) is 1.19. The Hall–Kier alpha value is -2.89. The van der Waals surface area contributed by atoms with Crippen molar-refractivity contribution in [3.63, 3.8) is 0 Å². The van der Waals surface area contributed by atoms with Crippen molar-refractivity contribution in [2.45, 2.75) is 13.2 Å². The lowest BCUT2D eigenvalue weighted by atomic mass is 10.3. The molecule has 0 saturated carbocycles. The lowest BCUT2D eigenvalue weighted by Gasteiger charge is -2.19. The fraction of sp³-hybridized carbons (Fsp3) is 0.136. The normalized spacial score (nSPS) is 11.4. The number of hydrogen-bond acceptors (Lipinski definition) is 5. The average molecular weight is 433 g/mol. The third-order valence-corrected chi connectivity index (χ3v) is 4.16. The molecule has 0 amide bonds. The van der Waals surface area contributed by atoms with Crippen molar-refractivity contribution in [2.24, 2.45) is 0 Å². The van der Waals surface area contributed by atoms with Gasteiger partial charge in [-0.3, -0.25) is 0 Å². The number of esters is 1. The standard InChI is InChI=1S/C22H18Cl2O5/c1-2-26-21(25)22(28-19-9-5-16(24)6-10-19)29-20-13-11-18(12-14-20)27-17-7-3-15(23)4-8-17/h3-14,22H,2H2,1H3. The van der Waals surface area contributed by atoms with Crippen LogP contribution in [0.25, 0.3) is 0 Å². The summed E-state index contributed by atoms with van der Waals surface area (Å²) in [6.45, 7) is 1.91. The van der Waals surface area contributed by atoms with Crippen molar-refractivity contribution in [1.29, 1.82) is 0 Å². The molecule has 0 bridgehead atoms. The molecule has 5 nitrogen and oxygen atoms in total. The zero-order chi connectivity index (χ0) is 20.6. The highest BCUT2D eigenvalue weighted by atomic mass is 35.5. The van der Waals surface area contributed by atoms with E-state index >= 15 is 0 Å². The van der Waals surface area contributed by atoms with Gasteiger partial charge in [-0.15, -0.1) is 0 Å². The van der Waals surface area contributed by atoms with Gasteiger partial charge in [0, 0.05) is 10.0 Å². The lowest BCUT2D eigenvalue weighted by Crippen LogP contribution is -2.35. The Morgan fingerprint density at radius 3 is 1.55 bits per heavy atom. The van der Waals surface area contributed by atoms with Gasteiger partial charge >= 0.3 is 12.3 Å². The maximum Gasteiger partial charge on any atom is 0.389 e. The van der Waals surface area contributed by atoms with Gasteiger partial charge in [-0.05, 0) is 79.7 Å². The largest absolute Gasteiger partial charge is 0.460 e. The molecular formula is C22H18Cl2O5. The van der Waals surface area contributed by atoms with Gasteiger partial charge < -0.3 is 18.9 Å². The molecule has 3 rings (SSSR count). The van der Waals surface area contributed by atoms with E-state index in [1.807, 2.05) is 0 Å². The molecule has 0 saturated heterocycles. The second-order valence-electron chi connectivity index (χ2n) is 5.80. The molecule has 3 aromatic rings. The number of benzene rings is 3. The first-order valence-electron chi connectivity index (χ1n) is 8.82. The van der Waals surface area contributed by atoms with E-state index < -0.39 is 12.3 Å². The molecule has 1 atom stereocenters. The van der Waals surface area contributed by atoms with Crippen LogP contribution in [0.1, 0.15) is 6.92 Å². The van der Waals surface area contributed by atoms with E-state index in [1.54, 1.807) is 79.7 Å². The van der Waals surface area contributed by atoms with Gasteiger partial charge in [-0.2, -0.15) is 0 Å². The van der Waals surface area contributed by atoms with Crippen LogP contribution in [0.5, 0.6) is 23.0 Å². The molecule has 3 aromatic carbocycles. The predicted octanol–water partition coefficient (Wildman–Crippen LogP) is 6.13. The number of carbonyl (C=O) groups excluding carboxylic acids is 1. The molecular weight excluding hydrogens is 415 g/mol. The maximum atomic E-state index is 12.2. The van der Waals surface area contributed by atoms with Crippen molar-refractivity contribution in [3.05, 3.63) is 82.8 Å². The monoisotopic (exact) mass is 432 g/mol. The Kier molecular flexibility index (Phi) is 7.22. The molecule has 0 aromatic heterocycles. The highest BCUT2D eigenvalue weighted by Crippen LogP contribution is 2.26. The van der Waals surface area contributed by atoms with E-state index in [9.17, 15) is 4.79 Å². The minimum Gasteiger partial charge on any atom is -0.460 e. The van der Waals surface area contributed by atoms with Crippen molar-refractivity contribution in [3.8, 4) is 23.0 Å². The van der Waals surface area contributed by atoms with Crippen LogP contribution in [0.4, 0.5) is 0 Å². The minimum atomic E-state index is -1.26. The van der Waals surface area contributed by atoms with Crippen LogP contribution in [-0.2, 0) is 9.53 Å². The zero-order valence-electron chi connectivity index (χ0n) is 15.5. The summed E-state index contributed by atoms with van der Waals surface area (Å²) in [7, 11) is 0. The van der Waals surface area contributed by atoms with Crippen LogP contribution in [-0.4, -0.2) is 18.9 Å². The molecule has 0 radical (unpaired) electrons. The molecule has 0 aliphatic carbocycles. The molecule has 1 unspecified atom stereocenters. The maximum absolute atomic E-state index is 12.2. The summed E-state index contributed by atoms with van der Waals surface area (Å²) >= 11 is 11.7. The Balaban J connectivity index is 1.68. The van der Waals surface area contributed by atoms with E-state index in [-0.39, 0.29) is 6.61 Å². The fourth-order valence-corrected chi connectivity index (χ4v) is 2.57. The Morgan fingerprint density at radius 2 is 1.10 bits per heavy atom. The highest BCUT2D eigenvalue weighted by molar-refractivity contribution is 6.30. The van der Waals surface area contributed by atoms with Gasteiger partial charge in [-0.1, -0.05) is 23.2 Å². The van der Waals surface area contributed by atoms with E-state index in [0.29, 0.717) is 33.0 Å². The quantitative estimate of drug-likeness (QED) is 0.316. The molecule has 0 spiro atoms. The van der Waals surface area contributed by atoms with Gasteiger partial charge in [0.25, 0.3) is 0 Å². The number of carbonyl (C=O) groups is 1. The molecule has 0 aliphatic heterocycles.